The third-order valence-corrected chi connectivity index (χ3v) is 10.1. The molecule has 0 N–H and O–H groups in total. The van der Waals surface area contributed by atoms with E-state index in [-0.39, 0.29) is 84.3 Å². The fraction of sp³-hybridized carbons (Fsp3) is 0. The molecule has 0 amide bonds. The molecule has 12 aromatic rings. The number of aliphatic imine (C=N–C) groups is 4. The standard InChI is InChI=1S/3C13H9N.3C7H5N.C3H3N.4W/c3*1-2-6-11-10(5-1)9-14-13-8-4-3-7-12(11)13;3*1-8-7-5-3-2-4-6-7;1-3-4-2;;;;/h3*1-9H;3*1-5H;1-3H;;;;/q;;;4*-2;4*+2. The van der Waals surface area contributed by atoms with Gasteiger partial charge in [-0.3, -0.25) is 33.2 Å². The number of nitrogens with zero attached hydrogens (tertiary/aromatic N) is 7. The molecule has 0 aliphatic carbocycles. The molecule has 0 aliphatic heterocycles. The number of benzene rings is 9. The molecule has 0 saturated carbocycles. The number of para-hydroxylation sites is 6. The van der Waals surface area contributed by atoms with Crippen molar-refractivity contribution >= 4 is 109 Å². The first-order chi connectivity index (χ1) is 34.6. The molecule has 74 heavy (non-hydrogen) atoms. The van der Waals surface area contributed by atoms with Gasteiger partial charge in [0, 0.05) is 50.9 Å². The van der Waals surface area contributed by atoms with Crippen molar-refractivity contribution in [1.29, 1.82) is 0 Å². The first-order valence-electron chi connectivity index (χ1n) is 21.8. The van der Waals surface area contributed by atoms with Crippen LogP contribution in [-0.2, 0) is 84.3 Å². The zero-order valence-electron chi connectivity index (χ0n) is 39.7. The number of aromatic nitrogens is 3. The summed E-state index contributed by atoms with van der Waals surface area (Å²) in [7, 11) is 0. The van der Waals surface area contributed by atoms with Crippen molar-refractivity contribution in [3.8, 4) is 0 Å². The Labute approximate surface area is 491 Å². The van der Waals surface area contributed by atoms with Crippen molar-refractivity contribution in [1.82, 2.24) is 15.0 Å². The molecular weight excluding hydrogens is 1590 g/mol. The Bertz CT molecular complexity index is 3030. The van der Waals surface area contributed by atoms with Gasteiger partial charge in [0.05, 0.1) is 16.6 Å². The molecule has 12 rings (SSSR count). The SMILES string of the molecule is [CH-]=CN=[CH-].[CH-]=Nc1[c-]cccc1.[CH-]=Nc1[c-]cccc1.[CH-]=Nc1[c-]cccc1.[W+2].[W+2].[W+2].[W+2].c1ccc2c(c1)cnc1ccccc12.c1ccc2c(c1)cnc1ccccc12.c1ccc2c(c1)cnc1ccccc12. The van der Waals surface area contributed by atoms with Crippen molar-refractivity contribution < 1.29 is 84.3 Å². The second-order valence-electron chi connectivity index (χ2n) is 14.5. The summed E-state index contributed by atoms with van der Waals surface area (Å²) in [6, 6.07) is 80.1. The zero-order valence-corrected chi connectivity index (χ0v) is 51.5. The van der Waals surface area contributed by atoms with Crippen LogP contribution in [0.3, 0.4) is 0 Å². The molecule has 3 heterocycles. The van der Waals surface area contributed by atoms with Crippen LogP contribution in [0.1, 0.15) is 0 Å². The molecule has 9 aromatic carbocycles. The first kappa shape index (κ1) is 63.3. The fourth-order valence-electron chi connectivity index (χ4n) is 6.82. The molecule has 11 heteroatoms. The number of pyridine rings is 3. The van der Waals surface area contributed by atoms with Crippen molar-refractivity contribution in [2.45, 2.75) is 0 Å². The maximum atomic E-state index is 4.94. The van der Waals surface area contributed by atoms with Gasteiger partial charge in [-0.05, 0) is 34.4 Å². The van der Waals surface area contributed by atoms with E-state index < -0.39 is 0 Å². The number of hydrogen-bond donors (Lipinski definition) is 0. The molecule has 356 valence electrons. The third kappa shape index (κ3) is 19.5. The van der Waals surface area contributed by atoms with E-state index in [1.54, 1.807) is 36.4 Å². The van der Waals surface area contributed by atoms with Gasteiger partial charge in [-0.15, -0.1) is 0 Å². The van der Waals surface area contributed by atoms with Crippen molar-refractivity contribution in [3.63, 3.8) is 0 Å². The van der Waals surface area contributed by atoms with Gasteiger partial charge in [-0.1, -0.05) is 127 Å². The topological polar surface area (TPSA) is 88.1 Å². The van der Waals surface area contributed by atoms with E-state index >= 15 is 0 Å². The molecule has 0 bridgehead atoms. The Morgan fingerprint density at radius 1 is 0.311 bits per heavy atom. The quantitative estimate of drug-likeness (QED) is 0.0999. The summed E-state index contributed by atoms with van der Waals surface area (Å²) in [5.41, 5.74) is 5.25. The molecule has 0 unspecified atom stereocenters. The second-order valence-corrected chi connectivity index (χ2v) is 14.5. The third-order valence-electron chi connectivity index (χ3n) is 10.1. The molecule has 7 nitrogen and oxygen atoms in total. The normalized spacial score (nSPS) is 9.19. The van der Waals surface area contributed by atoms with Crippen LogP contribution in [0.15, 0.2) is 263 Å². The monoisotopic (exact) mass is 1640 g/mol. The Hall–Kier alpha value is -6.84. The smallest absolute Gasteiger partial charge is 0.601 e. The van der Waals surface area contributed by atoms with E-state index in [4.69, 9.17) is 20.2 Å². The number of fused-ring (bicyclic) bond motifs is 9. The first-order valence-corrected chi connectivity index (χ1v) is 21.8. The molecule has 3 aromatic heterocycles. The predicted octanol–water partition coefficient (Wildman–Crippen LogP) is 15.8. The minimum absolute atomic E-state index is 0. The summed E-state index contributed by atoms with van der Waals surface area (Å²) in [6.45, 7) is 23.9. The van der Waals surface area contributed by atoms with Gasteiger partial charge < -0.3 is 32.7 Å². The van der Waals surface area contributed by atoms with Crippen LogP contribution in [0, 0.1) is 24.8 Å². The maximum absolute atomic E-state index is 4.94. The molecular formula is C63H45N7W4. The molecule has 0 atom stereocenters. The van der Waals surface area contributed by atoms with E-state index in [1.165, 1.54) is 48.5 Å². The van der Waals surface area contributed by atoms with Crippen LogP contribution in [0.4, 0.5) is 17.1 Å². The summed E-state index contributed by atoms with van der Waals surface area (Å²) in [5.74, 6) is 0. The Balaban J connectivity index is 0.000000302. The summed E-state index contributed by atoms with van der Waals surface area (Å²) >= 11 is 0. The molecule has 0 aliphatic rings. The van der Waals surface area contributed by atoms with Crippen LogP contribution in [-0.4, -0.2) is 41.8 Å². The van der Waals surface area contributed by atoms with Gasteiger partial charge in [0.2, 0.25) is 0 Å². The summed E-state index contributed by atoms with van der Waals surface area (Å²) in [4.78, 5) is 26.4. The van der Waals surface area contributed by atoms with Crippen molar-refractivity contribution in [2.75, 3.05) is 0 Å². The summed E-state index contributed by atoms with van der Waals surface area (Å²) < 4.78 is 0. The van der Waals surface area contributed by atoms with E-state index in [0.717, 1.165) is 22.8 Å². The van der Waals surface area contributed by atoms with Gasteiger partial charge in [0.15, 0.2) is 0 Å². The van der Waals surface area contributed by atoms with Gasteiger partial charge in [-0.2, -0.15) is 81.5 Å². The van der Waals surface area contributed by atoms with Crippen molar-refractivity contribution in [3.05, 3.63) is 268 Å². The minimum atomic E-state index is 0. The van der Waals surface area contributed by atoms with Crippen LogP contribution in [0.5, 0.6) is 0 Å². The van der Waals surface area contributed by atoms with E-state index in [1.807, 2.05) is 110 Å². The van der Waals surface area contributed by atoms with E-state index in [2.05, 4.69) is 157 Å². The van der Waals surface area contributed by atoms with E-state index in [9.17, 15) is 0 Å². The summed E-state index contributed by atoms with van der Waals surface area (Å²) in [6.07, 6.45) is 6.81. The predicted molar refractivity (Wildman–Crippen MR) is 295 cm³/mol. The number of hydrogen-bond acceptors (Lipinski definition) is 7. The van der Waals surface area contributed by atoms with Crippen LogP contribution in [0.25, 0.3) is 65.0 Å². The molecule has 0 spiro atoms. The Morgan fingerprint density at radius 3 is 0.757 bits per heavy atom. The van der Waals surface area contributed by atoms with Crippen LogP contribution in [0.2, 0.25) is 0 Å². The fourth-order valence-corrected chi connectivity index (χ4v) is 6.82. The minimum Gasteiger partial charge on any atom is -0.601 e. The second kappa shape index (κ2) is 36.1. The van der Waals surface area contributed by atoms with Crippen LogP contribution >= 0.6 is 0 Å². The van der Waals surface area contributed by atoms with E-state index in [0.29, 0.717) is 17.1 Å². The largest absolute Gasteiger partial charge is 2.00 e. The Kier molecular flexibility index (Phi) is 30.9. The van der Waals surface area contributed by atoms with Gasteiger partial charge >= 0.3 is 84.3 Å². The average molecular weight is 1640 g/mol. The molecule has 0 radical (unpaired) electrons. The van der Waals surface area contributed by atoms with Crippen LogP contribution < -0.4 is 0 Å². The van der Waals surface area contributed by atoms with Gasteiger partial charge in [0.25, 0.3) is 0 Å². The maximum Gasteiger partial charge on any atom is 2.00 e. The molecule has 0 saturated heterocycles. The van der Waals surface area contributed by atoms with Gasteiger partial charge in [0.1, 0.15) is 0 Å². The number of rotatable bonds is 4. The average Bonchev–Trinajstić information content (AvgIpc) is 3.46. The van der Waals surface area contributed by atoms with Crippen molar-refractivity contribution in [2.24, 2.45) is 20.0 Å². The Morgan fingerprint density at radius 2 is 0.541 bits per heavy atom. The summed E-state index contributed by atoms with van der Waals surface area (Å²) in [5, 5.41) is 11.1. The molecule has 0 fully saturated rings. The van der Waals surface area contributed by atoms with Gasteiger partial charge in [-0.25, -0.2) is 35.3 Å². The zero-order chi connectivity index (χ0) is 49.0.